The van der Waals surface area contributed by atoms with E-state index in [-0.39, 0.29) is 18.0 Å². The molecule has 0 amide bonds. The van der Waals surface area contributed by atoms with Gasteiger partial charge in [-0.3, -0.25) is 0 Å². The van der Waals surface area contributed by atoms with E-state index >= 15 is 0 Å². The van der Waals surface area contributed by atoms with E-state index in [1.54, 1.807) is 13.2 Å². The molecule has 1 aromatic heterocycles. The first kappa shape index (κ1) is 22.3. The molecule has 0 radical (unpaired) electrons. The van der Waals surface area contributed by atoms with Gasteiger partial charge in [0.25, 0.3) is 0 Å². The van der Waals surface area contributed by atoms with Crippen LogP contribution in [0.15, 0.2) is 36.4 Å². The van der Waals surface area contributed by atoms with Crippen LogP contribution in [0.25, 0.3) is 10.9 Å². The van der Waals surface area contributed by atoms with Crippen LogP contribution >= 0.6 is 0 Å². The Labute approximate surface area is 204 Å². The molecule has 35 heavy (non-hydrogen) atoms. The average Bonchev–Trinajstić information content (AvgIpc) is 3.21. The van der Waals surface area contributed by atoms with Crippen LogP contribution in [0.2, 0.25) is 0 Å². The van der Waals surface area contributed by atoms with Crippen molar-refractivity contribution in [3.63, 3.8) is 0 Å². The second kappa shape index (κ2) is 7.42. The second-order valence-corrected chi connectivity index (χ2v) is 9.82. The molecule has 7 nitrogen and oxygen atoms in total. The van der Waals surface area contributed by atoms with Crippen LogP contribution < -0.4 is 9.47 Å². The Hall–Kier alpha value is -3.16. The number of ether oxygens (including phenoxy) is 2. The normalized spacial score (nSPS) is 29.4. The number of hydrogen-bond acceptors (Lipinski definition) is 6. The molecule has 2 aromatic carbocycles. The maximum atomic E-state index is 12.6. The first-order chi connectivity index (χ1) is 16.9. The lowest BCUT2D eigenvalue weighted by molar-refractivity contribution is -0.168. The van der Waals surface area contributed by atoms with Crippen LogP contribution in [0, 0.1) is 0 Å². The molecule has 1 saturated heterocycles. The summed E-state index contributed by atoms with van der Waals surface area (Å²) in [4.78, 5) is 19.7. The summed E-state index contributed by atoms with van der Waals surface area (Å²) in [5.74, 6) is 0.298. The van der Waals surface area contributed by atoms with Gasteiger partial charge in [-0.25, -0.2) is 9.78 Å². The van der Waals surface area contributed by atoms with Gasteiger partial charge in [-0.1, -0.05) is 38.1 Å². The largest absolute Gasteiger partial charge is 0.493 e. The number of rotatable bonds is 2. The lowest BCUT2D eigenvalue weighted by Crippen LogP contribution is -2.74. The van der Waals surface area contributed by atoms with Crippen molar-refractivity contribution in [1.29, 1.82) is 0 Å². The number of hydrogen-bond donors (Lipinski definition) is 2. The Balaban J connectivity index is 0.00000112. The SMILES string of the molecule is CC.COc1ccc2c3c1OC1c4nc5ccccc5c(C(=O)O)c4CC4(O)[C@@H](C2)N(C)CC[C@]314. The summed E-state index contributed by atoms with van der Waals surface area (Å²) < 4.78 is 12.3. The van der Waals surface area contributed by atoms with Gasteiger partial charge in [-0.05, 0) is 49.7 Å². The van der Waals surface area contributed by atoms with Crippen molar-refractivity contribution in [2.24, 2.45) is 0 Å². The van der Waals surface area contributed by atoms with Crippen LogP contribution in [-0.4, -0.2) is 58.4 Å². The Kier molecular flexibility index (Phi) is 4.73. The van der Waals surface area contributed by atoms with E-state index in [1.165, 1.54) is 0 Å². The van der Waals surface area contributed by atoms with E-state index in [4.69, 9.17) is 14.5 Å². The average molecular weight is 475 g/mol. The van der Waals surface area contributed by atoms with Crippen LogP contribution in [0.4, 0.5) is 0 Å². The molecule has 2 aliphatic carbocycles. The number of carbonyl (C=O) groups is 1. The summed E-state index contributed by atoms with van der Waals surface area (Å²) in [6.45, 7) is 4.82. The van der Waals surface area contributed by atoms with E-state index in [0.29, 0.717) is 46.5 Å². The standard InChI is InChI=1S/C26H24N2O5.C2H6/c1-28-10-9-25-20-13-7-8-17(32-2)22(20)33-23(25)21-15(12-26(25,31)18(28)11-13)19(24(29)30)14-5-3-4-6-16(14)27-21;1-2/h3-8,18,23,31H,9-12H2,1-2H3,(H,29,30);1-2H3/t18-,23?,25+,26?;/m1./s1. The van der Waals surface area contributed by atoms with E-state index < -0.39 is 23.1 Å². The maximum absolute atomic E-state index is 12.6. The first-order valence-corrected chi connectivity index (χ1v) is 12.3. The number of aromatic carboxylic acids is 1. The molecule has 1 spiro atoms. The van der Waals surface area contributed by atoms with Crippen LogP contribution in [0.1, 0.15) is 59.1 Å². The van der Waals surface area contributed by atoms with Gasteiger partial charge >= 0.3 is 5.97 Å². The van der Waals surface area contributed by atoms with Crippen molar-refractivity contribution in [3.8, 4) is 11.5 Å². The van der Waals surface area contributed by atoms with Crippen molar-refractivity contribution < 1.29 is 24.5 Å². The van der Waals surface area contributed by atoms with E-state index in [9.17, 15) is 15.0 Å². The quantitative estimate of drug-likeness (QED) is 0.582. The van der Waals surface area contributed by atoms with Crippen molar-refractivity contribution in [2.75, 3.05) is 20.7 Å². The Morgan fingerprint density at radius 1 is 1.23 bits per heavy atom. The molecule has 2 bridgehead atoms. The van der Waals surface area contributed by atoms with Crippen LogP contribution in [0.5, 0.6) is 11.5 Å². The summed E-state index contributed by atoms with van der Waals surface area (Å²) >= 11 is 0. The van der Waals surface area contributed by atoms with Gasteiger partial charge in [0.05, 0.1) is 34.9 Å². The van der Waals surface area contributed by atoms with Gasteiger partial charge < -0.3 is 24.6 Å². The van der Waals surface area contributed by atoms with Crippen molar-refractivity contribution in [3.05, 3.63) is 64.3 Å². The second-order valence-electron chi connectivity index (χ2n) is 9.82. The number of pyridine rings is 1. The number of carboxylic acid groups (broad SMARTS) is 1. The zero-order valence-electron chi connectivity index (χ0n) is 20.5. The van der Waals surface area contributed by atoms with E-state index in [0.717, 1.165) is 17.7 Å². The number of piperidine rings is 1. The topological polar surface area (TPSA) is 92.1 Å². The predicted molar refractivity (Wildman–Crippen MR) is 131 cm³/mol. The molecule has 4 atom stereocenters. The van der Waals surface area contributed by atoms with Crippen molar-refractivity contribution in [2.45, 2.75) is 56.3 Å². The minimum atomic E-state index is -1.18. The summed E-state index contributed by atoms with van der Waals surface area (Å²) in [5.41, 5.74) is 2.37. The highest BCUT2D eigenvalue weighted by atomic mass is 16.5. The number of aliphatic hydroxyl groups is 1. The van der Waals surface area contributed by atoms with Crippen LogP contribution in [-0.2, 0) is 18.3 Å². The highest BCUT2D eigenvalue weighted by Crippen LogP contribution is 2.68. The number of fused-ring (bicyclic) bond motifs is 3. The van der Waals surface area contributed by atoms with Gasteiger partial charge in [0.1, 0.15) is 0 Å². The predicted octanol–water partition coefficient (Wildman–Crippen LogP) is 3.89. The minimum absolute atomic E-state index is 0.148. The van der Waals surface area contributed by atoms with Gasteiger partial charge in [0, 0.05) is 23.4 Å². The molecule has 2 unspecified atom stereocenters. The third-order valence-electron chi connectivity index (χ3n) is 8.62. The molecule has 2 N–H and O–H groups in total. The van der Waals surface area contributed by atoms with Crippen molar-refractivity contribution >= 4 is 16.9 Å². The molecule has 2 aliphatic heterocycles. The molecular formula is C28H30N2O5. The van der Waals surface area contributed by atoms with Crippen molar-refractivity contribution in [1.82, 2.24) is 9.88 Å². The molecule has 182 valence electrons. The number of carboxylic acids is 1. The molecule has 1 fully saturated rings. The third kappa shape index (κ3) is 2.52. The monoisotopic (exact) mass is 474 g/mol. The number of likely N-dealkylation sites (tertiary alicyclic amines) is 1. The van der Waals surface area contributed by atoms with Gasteiger partial charge in [-0.15, -0.1) is 0 Å². The number of nitrogens with zero attached hydrogens (tertiary/aromatic N) is 2. The van der Waals surface area contributed by atoms with Gasteiger partial charge in [-0.2, -0.15) is 0 Å². The summed E-state index contributed by atoms with van der Waals surface area (Å²) in [6.07, 6.45) is 1.03. The highest BCUT2D eigenvalue weighted by Gasteiger charge is 2.72. The maximum Gasteiger partial charge on any atom is 0.336 e. The van der Waals surface area contributed by atoms with Gasteiger partial charge in [0.2, 0.25) is 0 Å². The minimum Gasteiger partial charge on any atom is -0.493 e. The zero-order valence-corrected chi connectivity index (χ0v) is 20.5. The fourth-order valence-electron chi connectivity index (χ4n) is 7.26. The lowest BCUT2D eigenvalue weighted by Gasteiger charge is -2.62. The fourth-order valence-corrected chi connectivity index (χ4v) is 7.26. The Morgan fingerprint density at radius 2 is 2.00 bits per heavy atom. The fraction of sp³-hybridized carbons (Fsp3) is 0.429. The highest BCUT2D eigenvalue weighted by molar-refractivity contribution is 6.04. The molecule has 3 heterocycles. The number of methoxy groups -OCH3 is 1. The summed E-state index contributed by atoms with van der Waals surface area (Å²) in [7, 11) is 3.66. The molecular weight excluding hydrogens is 444 g/mol. The molecule has 0 saturated carbocycles. The Bertz CT molecular complexity index is 1390. The molecule has 7 heteroatoms. The number of para-hydroxylation sites is 1. The molecule has 4 aliphatic rings. The number of aromatic nitrogens is 1. The van der Waals surface area contributed by atoms with Gasteiger partial charge in [0.15, 0.2) is 17.6 Å². The third-order valence-corrected chi connectivity index (χ3v) is 8.62. The molecule has 3 aromatic rings. The summed E-state index contributed by atoms with van der Waals surface area (Å²) in [6, 6.07) is 11.2. The van der Waals surface area contributed by atoms with E-state index in [1.807, 2.05) is 45.2 Å². The van der Waals surface area contributed by atoms with E-state index in [2.05, 4.69) is 11.0 Å². The smallest absolute Gasteiger partial charge is 0.336 e. The lowest BCUT2D eigenvalue weighted by atomic mass is 9.48. The summed E-state index contributed by atoms with van der Waals surface area (Å²) in [5, 5.41) is 23.4. The number of benzene rings is 2. The van der Waals surface area contributed by atoms with Crippen LogP contribution in [0.3, 0.4) is 0 Å². The molecule has 7 rings (SSSR count). The first-order valence-electron chi connectivity index (χ1n) is 12.3. The Morgan fingerprint density at radius 3 is 2.74 bits per heavy atom. The zero-order chi connectivity index (χ0) is 24.7. The number of likely N-dealkylation sites (N-methyl/N-ethyl adjacent to an activating group) is 1.